The van der Waals surface area contributed by atoms with Crippen LogP contribution in [0.5, 0.6) is 0 Å². The largest absolute Gasteiger partial charge is 0.349 e. The van der Waals surface area contributed by atoms with Crippen LogP contribution in [0.25, 0.3) is 10.3 Å². The highest BCUT2D eigenvalue weighted by molar-refractivity contribution is 7.22. The van der Waals surface area contributed by atoms with Gasteiger partial charge in [-0.05, 0) is 13.8 Å². The topological polar surface area (TPSA) is 71.0 Å². The fraction of sp³-hybridized carbons (Fsp3) is 0.417. The molecule has 0 saturated carbocycles. The molecule has 7 heteroatoms. The van der Waals surface area contributed by atoms with Crippen molar-refractivity contribution in [3.05, 3.63) is 33.5 Å². The number of aromatic amines is 1. The van der Waals surface area contributed by atoms with Gasteiger partial charge in [-0.25, -0.2) is 9.78 Å². The molecule has 0 fully saturated rings. The molecule has 1 N–H and O–H groups in total. The Morgan fingerprint density at radius 3 is 2.68 bits per heavy atom. The highest BCUT2D eigenvalue weighted by Crippen LogP contribution is 2.24. The Hall–Kier alpha value is -1.89. The van der Waals surface area contributed by atoms with Crippen LogP contribution in [0.4, 0.5) is 5.13 Å². The Morgan fingerprint density at radius 2 is 2.11 bits per heavy atom. The summed E-state index contributed by atoms with van der Waals surface area (Å²) in [5, 5.41) is 0.754. The van der Waals surface area contributed by atoms with Crippen LogP contribution < -0.4 is 16.1 Å². The Kier molecular flexibility index (Phi) is 3.84. The van der Waals surface area contributed by atoms with E-state index in [9.17, 15) is 9.59 Å². The minimum atomic E-state index is -0.450. The molecular formula is C12H16N4O2S. The maximum atomic E-state index is 12.2. The van der Waals surface area contributed by atoms with Crippen molar-refractivity contribution in [3.63, 3.8) is 0 Å². The second kappa shape index (κ2) is 5.40. The summed E-state index contributed by atoms with van der Waals surface area (Å²) >= 11 is 1.31. The molecule has 102 valence electrons. The minimum absolute atomic E-state index is 0.197. The summed E-state index contributed by atoms with van der Waals surface area (Å²) in [6.07, 6.45) is 1.52. The highest BCUT2D eigenvalue weighted by Gasteiger charge is 2.14. The second-order valence-electron chi connectivity index (χ2n) is 3.98. The van der Waals surface area contributed by atoms with Crippen LogP contribution in [0.1, 0.15) is 13.8 Å². The molecule has 2 aromatic heterocycles. The van der Waals surface area contributed by atoms with E-state index in [4.69, 9.17) is 0 Å². The Bertz CT molecular complexity index is 709. The number of anilines is 1. The lowest BCUT2D eigenvalue weighted by Crippen LogP contribution is -2.34. The van der Waals surface area contributed by atoms with Gasteiger partial charge in [0.1, 0.15) is 4.70 Å². The molecule has 0 atom stereocenters. The van der Waals surface area contributed by atoms with Gasteiger partial charge in [0, 0.05) is 19.6 Å². The number of H-pyrrole nitrogens is 1. The zero-order valence-corrected chi connectivity index (χ0v) is 11.8. The van der Waals surface area contributed by atoms with Crippen LogP contribution in [-0.2, 0) is 6.54 Å². The Morgan fingerprint density at radius 1 is 1.42 bits per heavy atom. The van der Waals surface area contributed by atoms with Gasteiger partial charge in [0.2, 0.25) is 0 Å². The molecule has 0 aliphatic heterocycles. The monoisotopic (exact) mass is 280 g/mol. The van der Waals surface area contributed by atoms with Crippen molar-refractivity contribution < 1.29 is 0 Å². The zero-order chi connectivity index (χ0) is 14.0. The second-order valence-corrected chi connectivity index (χ2v) is 4.96. The Labute approximate surface area is 114 Å². The third kappa shape index (κ3) is 2.33. The lowest BCUT2D eigenvalue weighted by molar-refractivity contribution is 0.728. The van der Waals surface area contributed by atoms with Gasteiger partial charge >= 0.3 is 5.69 Å². The van der Waals surface area contributed by atoms with Crippen molar-refractivity contribution in [1.29, 1.82) is 0 Å². The predicted molar refractivity (Wildman–Crippen MR) is 78.3 cm³/mol. The lowest BCUT2D eigenvalue weighted by atomic mass is 10.5. The average molecular weight is 280 g/mol. The number of aromatic nitrogens is 3. The van der Waals surface area contributed by atoms with Crippen molar-refractivity contribution in [2.24, 2.45) is 0 Å². The van der Waals surface area contributed by atoms with E-state index in [-0.39, 0.29) is 12.1 Å². The lowest BCUT2D eigenvalue weighted by Gasteiger charge is -2.15. The third-order valence-corrected chi connectivity index (χ3v) is 3.98. The molecule has 0 bridgehead atoms. The molecule has 2 heterocycles. The van der Waals surface area contributed by atoms with Crippen molar-refractivity contribution >= 4 is 26.8 Å². The van der Waals surface area contributed by atoms with Gasteiger partial charge in [-0.15, -0.1) is 6.58 Å². The molecular weight excluding hydrogens is 264 g/mol. The molecule has 19 heavy (non-hydrogen) atoms. The first-order chi connectivity index (χ1) is 9.12. The van der Waals surface area contributed by atoms with Gasteiger partial charge in [-0.3, -0.25) is 14.3 Å². The molecule has 0 amide bonds. The number of thiazole rings is 1. The number of hydrogen-bond acceptors (Lipinski definition) is 5. The summed E-state index contributed by atoms with van der Waals surface area (Å²) in [6, 6.07) is 0. The van der Waals surface area contributed by atoms with Gasteiger partial charge in [-0.1, -0.05) is 17.4 Å². The van der Waals surface area contributed by atoms with E-state index in [1.54, 1.807) is 0 Å². The van der Waals surface area contributed by atoms with Crippen LogP contribution >= 0.6 is 11.3 Å². The standard InChI is InChI=1S/C12H16N4O2S/c1-4-7-16-10(17)8-9(13-11(16)18)14-12(19-8)15(5-2)6-3/h4H,1,5-7H2,2-3H3,(H,13,18). The van der Waals surface area contributed by atoms with E-state index in [0.717, 1.165) is 22.8 Å². The van der Waals surface area contributed by atoms with E-state index in [2.05, 4.69) is 16.5 Å². The molecule has 2 aromatic rings. The normalized spacial score (nSPS) is 10.8. The fourth-order valence-electron chi connectivity index (χ4n) is 1.85. The predicted octanol–water partition coefficient (Wildman–Crippen LogP) is 1.18. The molecule has 0 unspecified atom stereocenters. The van der Waals surface area contributed by atoms with E-state index >= 15 is 0 Å². The molecule has 2 rings (SSSR count). The summed E-state index contributed by atoms with van der Waals surface area (Å²) in [5.74, 6) is 0. The van der Waals surface area contributed by atoms with Crippen LogP contribution in [0.2, 0.25) is 0 Å². The molecule has 0 saturated heterocycles. The number of fused-ring (bicyclic) bond motifs is 1. The quantitative estimate of drug-likeness (QED) is 0.835. The Balaban J connectivity index is 2.66. The maximum absolute atomic E-state index is 12.2. The van der Waals surface area contributed by atoms with Gasteiger partial charge in [0.15, 0.2) is 10.8 Å². The van der Waals surface area contributed by atoms with Crippen molar-refractivity contribution in [3.8, 4) is 0 Å². The van der Waals surface area contributed by atoms with Gasteiger partial charge in [0.05, 0.1) is 0 Å². The third-order valence-electron chi connectivity index (χ3n) is 2.87. The first kappa shape index (κ1) is 13.5. The van der Waals surface area contributed by atoms with Crippen LogP contribution in [-0.4, -0.2) is 27.6 Å². The van der Waals surface area contributed by atoms with E-state index in [1.165, 1.54) is 17.4 Å². The summed E-state index contributed by atoms with van der Waals surface area (Å²) in [5.41, 5.74) is -0.398. The van der Waals surface area contributed by atoms with Gasteiger partial charge in [0.25, 0.3) is 5.56 Å². The van der Waals surface area contributed by atoms with Gasteiger partial charge < -0.3 is 4.90 Å². The van der Waals surface area contributed by atoms with Crippen molar-refractivity contribution in [2.75, 3.05) is 18.0 Å². The SMILES string of the molecule is C=CCn1c(=O)[nH]c2nc(N(CC)CC)sc2c1=O. The summed E-state index contributed by atoms with van der Waals surface area (Å²) in [7, 11) is 0. The average Bonchev–Trinajstić information content (AvgIpc) is 2.80. The molecule has 0 radical (unpaired) electrons. The van der Waals surface area contributed by atoms with Crippen LogP contribution in [0.15, 0.2) is 22.2 Å². The van der Waals surface area contributed by atoms with Crippen molar-refractivity contribution in [2.45, 2.75) is 20.4 Å². The fourth-order valence-corrected chi connectivity index (χ4v) is 2.94. The molecule has 0 aromatic carbocycles. The summed E-state index contributed by atoms with van der Waals surface area (Å²) < 4.78 is 1.60. The number of allylic oxidation sites excluding steroid dienone is 1. The maximum Gasteiger partial charge on any atom is 0.330 e. The first-order valence-corrected chi connectivity index (χ1v) is 6.93. The van der Waals surface area contributed by atoms with E-state index in [1.807, 2.05) is 18.7 Å². The number of nitrogens with one attached hydrogen (secondary N) is 1. The van der Waals surface area contributed by atoms with Crippen molar-refractivity contribution in [1.82, 2.24) is 14.5 Å². The first-order valence-electron chi connectivity index (χ1n) is 6.11. The molecule has 0 spiro atoms. The smallest absolute Gasteiger partial charge is 0.330 e. The number of rotatable bonds is 5. The molecule has 0 aliphatic carbocycles. The zero-order valence-electron chi connectivity index (χ0n) is 11.0. The number of nitrogens with zero attached hydrogens (tertiary/aromatic N) is 3. The molecule has 0 aliphatic rings. The summed E-state index contributed by atoms with van der Waals surface area (Å²) in [4.78, 5) is 33.0. The van der Waals surface area contributed by atoms with Crippen LogP contribution in [0.3, 0.4) is 0 Å². The van der Waals surface area contributed by atoms with E-state index < -0.39 is 5.69 Å². The van der Waals surface area contributed by atoms with E-state index in [0.29, 0.717) is 10.3 Å². The van der Waals surface area contributed by atoms with Gasteiger partial charge in [-0.2, -0.15) is 0 Å². The summed E-state index contributed by atoms with van der Waals surface area (Å²) in [6.45, 7) is 9.40. The molecule has 6 nitrogen and oxygen atoms in total. The van der Waals surface area contributed by atoms with Crippen LogP contribution in [0, 0.1) is 0 Å². The minimum Gasteiger partial charge on any atom is -0.349 e. The number of hydrogen-bond donors (Lipinski definition) is 1. The highest BCUT2D eigenvalue weighted by atomic mass is 32.1.